The van der Waals surface area contributed by atoms with Crippen molar-refractivity contribution in [3.8, 4) is 0 Å². The summed E-state index contributed by atoms with van der Waals surface area (Å²) < 4.78 is 0. The van der Waals surface area contributed by atoms with Crippen molar-refractivity contribution in [2.75, 3.05) is 13.1 Å². The van der Waals surface area contributed by atoms with Crippen molar-refractivity contribution in [1.82, 2.24) is 4.90 Å². The molecule has 0 radical (unpaired) electrons. The number of aliphatic imine (C=N–C) groups is 1. The van der Waals surface area contributed by atoms with Crippen molar-refractivity contribution >= 4 is 34.2 Å². The van der Waals surface area contributed by atoms with E-state index in [0.29, 0.717) is 0 Å². The van der Waals surface area contributed by atoms with E-state index in [1.54, 1.807) is 11.8 Å². The van der Waals surface area contributed by atoms with E-state index in [-0.39, 0.29) is 17.0 Å². The third-order valence-corrected chi connectivity index (χ3v) is 3.66. The molecule has 0 amide bonds. The van der Waals surface area contributed by atoms with Gasteiger partial charge in [-0.25, -0.2) is 0 Å². The zero-order chi connectivity index (χ0) is 10.3. The summed E-state index contributed by atoms with van der Waals surface area (Å²) in [7, 11) is 0. The molecule has 0 aromatic heterocycles. The van der Waals surface area contributed by atoms with Gasteiger partial charge in [-0.3, -0.25) is 4.99 Å². The zero-order valence-corrected chi connectivity index (χ0v) is 11.5. The number of hydrogen-bond acceptors (Lipinski definition) is 3. The molecule has 84 valence electrons. The van der Waals surface area contributed by atoms with Crippen molar-refractivity contribution in [3.63, 3.8) is 0 Å². The van der Waals surface area contributed by atoms with Gasteiger partial charge in [-0.15, -0.1) is 0 Å². The van der Waals surface area contributed by atoms with Gasteiger partial charge in [0.25, 0.3) is 0 Å². The molecular formula is C11H9BrClN2S-. The number of rotatable bonds is 1. The van der Waals surface area contributed by atoms with Gasteiger partial charge in [0.2, 0.25) is 0 Å². The van der Waals surface area contributed by atoms with E-state index in [1.807, 2.05) is 12.1 Å². The fourth-order valence-corrected chi connectivity index (χ4v) is 2.86. The van der Waals surface area contributed by atoms with Crippen LogP contribution in [0.2, 0.25) is 5.02 Å². The van der Waals surface area contributed by atoms with Crippen molar-refractivity contribution in [2.45, 2.75) is 0 Å². The summed E-state index contributed by atoms with van der Waals surface area (Å²) in [6.45, 7) is 1.91. The van der Waals surface area contributed by atoms with E-state index in [2.05, 4.69) is 27.4 Å². The standard InChI is InChI=1S/C11H9ClN2S.BrH/c12-9-3-1-8(2-4-9)10-7-15-11-13-5-6-14(10)11;/h1-4,7H,5-6H2;1H/p-1. The van der Waals surface area contributed by atoms with E-state index in [1.165, 1.54) is 11.3 Å². The monoisotopic (exact) mass is 315 g/mol. The SMILES string of the molecule is Clc1ccc(C2=CSC3=NCCN23)cc1.[Br-]. The van der Waals surface area contributed by atoms with Gasteiger partial charge in [0.05, 0.1) is 12.2 Å². The van der Waals surface area contributed by atoms with Crippen LogP contribution in [0.25, 0.3) is 5.70 Å². The Morgan fingerprint density at radius 2 is 2.00 bits per heavy atom. The van der Waals surface area contributed by atoms with Gasteiger partial charge in [0.1, 0.15) is 0 Å². The molecule has 0 aliphatic carbocycles. The summed E-state index contributed by atoms with van der Waals surface area (Å²) in [5.74, 6) is 0. The number of fused-ring (bicyclic) bond motifs is 1. The van der Waals surface area contributed by atoms with Gasteiger partial charge in [-0.1, -0.05) is 35.5 Å². The molecule has 2 aliphatic rings. The number of benzene rings is 1. The smallest absolute Gasteiger partial charge is 0.168 e. The maximum atomic E-state index is 5.87. The first-order valence-electron chi connectivity index (χ1n) is 4.79. The van der Waals surface area contributed by atoms with Crippen LogP contribution in [0, 0.1) is 0 Å². The second-order valence-electron chi connectivity index (χ2n) is 3.44. The molecule has 0 saturated heterocycles. The van der Waals surface area contributed by atoms with E-state index in [0.717, 1.165) is 23.3 Å². The first-order valence-corrected chi connectivity index (χ1v) is 6.05. The molecule has 0 spiro atoms. The molecule has 16 heavy (non-hydrogen) atoms. The van der Waals surface area contributed by atoms with Gasteiger partial charge < -0.3 is 21.9 Å². The summed E-state index contributed by atoms with van der Waals surface area (Å²) in [6, 6.07) is 7.95. The Morgan fingerprint density at radius 3 is 2.75 bits per heavy atom. The maximum absolute atomic E-state index is 5.87. The van der Waals surface area contributed by atoms with Crippen molar-refractivity contribution in [1.29, 1.82) is 0 Å². The Hall–Kier alpha value is -0.450. The zero-order valence-electron chi connectivity index (χ0n) is 8.36. The predicted molar refractivity (Wildman–Crippen MR) is 66.0 cm³/mol. The third kappa shape index (κ3) is 2.01. The average Bonchev–Trinajstić information content (AvgIpc) is 2.80. The van der Waals surface area contributed by atoms with Crippen LogP contribution in [0.1, 0.15) is 5.56 Å². The lowest BCUT2D eigenvalue weighted by atomic mass is 10.1. The first-order chi connectivity index (χ1) is 7.34. The van der Waals surface area contributed by atoms with Crippen LogP contribution in [0.5, 0.6) is 0 Å². The molecular weight excluding hydrogens is 308 g/mol. The minimum absolute atomic E-state index is 0. The van der Waals surface area contributed by atoms with Crippen molar-refractivity contribution < 1.29 is 17.0 Å². The van der Waals surface area contributed by atoms with Crippen molar-refractivity contribution in [2.24, 2.45) is 4.99 Å². The Bertz CT molecular complexity index is 456. The summed E-state index contributed by atoms with van der Waals surface area (Å²) >= 11 is 7.57. The van der Waals surface area contributed by atoms with Gasteiger partial charge >= 0.3 is 0 Å². The lowest BCUT2D eigenvalue weighted by molar-refractivity contribution is -0.00000280. The summed E-state index contributed by atoms with van der Waals surface area (Å²) in [5, 5.41) is 4.06. The minimum atomic E-state index is 0. The van der Waals surface area contributed by atoms with E-state index >= 15 is 0 Å². The highest BCUT2D eigenvalue weighted by molar-refractivity contribution is 8.16. The highest BCUT2D eigenvalue weighted by Crippen LogP contribution is 2.35. The van der Waals surface area contributed by atoms with Crippen LogP contribution < -0.4 is 17.0 Å². The lowest BCUT2D eigenvalue weighted by Crippen LogP contribution is -3.00. The van der Waals surface area contributed by atoms with Crippen LogP contribution in [0.3, 0.4) is 0 Å². The summed E-state index contributed by atoms with van der Waals surface area (Å²) in [5.41, 5.74) is 2.45. The number of nitrogens with zero attached hydrogens (tertiary/aromatic N) is 2. The first kappa shape index (κ1) is 12.0. The third-order valence-electron chi connectivity index (χ3n) is 2.51. The quantitative estimate of drug-likeness (QED) is 0.728. The highest BCUT2D eigenvalue weighted by atomic mass is 79.9. The molecule has 0 bridgehead atoms. The maximum Gasteiger partial charge on any atom is 0.168 e. The van der Waals surface area contributed by atoms with Crippen LogP contribution in [0.15, 0.2) is 34.7 Å². The fraction of sp³-hybridized carbons (Fsp3) is 0.182. The molecule has 5 heteroatoms. The molecule has 0 N–H and O–H groups in total. The molecule has 0 unspecified atom stereocenters. The normalized spacial score (nSPS) is 17.7. The van der Waals surface area contributed by atoms with Gasteiger partial charge in [0, 0.05) is 17.0 Å². The minimum Gasteiger partial charge on any atom is -1.00 e. The van der Waals surface area contributed by atoms with E-state index < -0.39 is 0 Å². The number of halogens is 2. The van der Waals surface area contributed by atoms with Crippen LogP contribution in [0.4, 0.5) is 0 Å². The van der Waals surface area contributed by atoms with Gasteiger partial charge in [-0.2, -0.15) is 0 Å². The summed E-state index contributed by atoms with van der Waals surface area (Å²) in [6.07, 6.45) is 0. The Morgan fingerprint density at radius 1 is 1.25 bits per heavy atom. The highest BCUT2D eigenvalue weighted by Gasteiger charge is 2.26. The topological polar surface area (TPSA) is 15.6 Å². The molecule has 3 rings (SSSR count). The Balaban J connectivity index is 0.000000963. The number of thioether (sulfide) groups is 1. The molecule has 1 aromatic rings. The lowest BCUT2D eigenvalue weighted by Gasteiger charge is -2.16. The van der Waals surface area contributed by atoms with Crippen molar-refractivity contribution in [3.05, 3.63) is 40.3 Å². The molecule has 0 fully saturated rings. The molecule has 2 nitrogen and oxygen atoms in total. The van der Waals surface area contributed by atoms with E-state index in [9.17, 15) is 0 Å². The number of hydrogen-bond donors (Lipinski definition) is 0. The number of amidine groups is 1. The predicted octanol–water partition coefficient (Wildman–Crippen LogP) is 0.0608. The average molecular weight is 317 g/mol. The molecule has 2 aliphatic heterocycles. The molecule has 2 heterocycles. The summed E-state index contributed by atoms with van der Waals surface area (Å²) in [4.78, 5) is 6.68. The largest absolute Gasteiger partial charge is 1.00 e. The Kier molecular flexibility index (Phi) is 3.62. The van der Waals surface area contributed by atoms with E-state index in [4.69, 9.17) is 11.6 Å². The van der Waals surface area contributed by atoms with Crippen LogP contribution in [-0.4, -0.2) is 23.2 Å². The molecule has 0 saturated carbocycles. The molecule has 1 aromatic carbocycles. The van der Waals surface area contributed by atoms with Crippen LogP contribution >= 0.6 is 23.4 Å². The fourth-order valence-electron chi connectivity index (χ4n) is 1.77. The van der Waals surface area contributed by atoms with Crippen LogP contribution in [-0.2, 0) is 0 Å². The Labute approximate surface area is 114 Å². The second kappa shape index (κ2) is 4.82. The molecule has 0 atom stereocenters. The van der Waals surface area contributed by atoms with Gasteiger partial charge in [0.15, 0.2) is 5.17 Å². The van der Waals surface area contributed by atoms with Gasteiger partial charge in [-0.05, 0) is 17.7 Å². The second-order valence-corrected chi connectivity index (χ2v) is 4.72.